The molecule has 0 saturated carbocycles. The number of hydroxylamine groups is 1. The third-order valence-corrected chi connectivity index (χ3v) is 6.28. The van der Waals surface area contributed by atoms with Crippen molar-refractivity contribution in [2.24, 2.45) is 11.3 Å². The number of benzene rings is 2. The van der Waals surface area contributed by atoms with Crippen LogP contribution < -0.4 is 21.4 Å². The lowest BCUT2D eigenvalue weighted by Gasteiger charge is -2.32. The van der Waals surface area contributed by atoms with Gasteiger partial charge in [0.1, 0.15) is 12.6 Å². The van der Waals surface area contributed by atoms with Gasteiger partial charge in [-0.05, 0) is 42.3 Å². The van der Waals surface area contributed by atoms with Gasteiger partial charge in [-0.1, -0.05) is 63.2 Å². The van der Waals surface area contributed by atoms with E-state index >= 15 is 0 Å². The molecule has 0 bridgehead atoms. The molecule has 5 N–H and O–H groups in total. The molecule has 0 saturated heterocycles. The number of carbonyl (C=O) groups is 4. The zero-order valence-corrected chi connectivity index (χ0v) is 23.5. The molecule has 214 valence electrons. The molecule has 0 heterocycles. The summed E-state index contributed by atoms with van der Waals surface area (Å²) in [7, 11) is 5.20. The molecule has 3 atom stereocenters. The predicted octanol–water partition coefficient (Wildman–Crippen LogP) is 0.844. The number of carbonyl (C=O) groups excluding carboxylic acids is 4. The van der Waals surface area contributed by atoms with Crippen LogP contribution in [0, 0.1) is 11.3 Å². The second-order valence-corrected chi connectivity index (χ2v) is 10.8. The lowest BCUT2D eigenvalue weighted by atomic mass is 9.84. The van der Waals surface area contributed by atoms with Crippen molar-refractivity contribution in [3.8, 4) is 0 Å². The number of rotatable bonds is 13. The van der Waals surface area contributed by atoms with Crippen molar-refractivity contribution in [2.75, 3.05) is 40.8 Å². The van der Waals surface area contributed by atoms with Gasteiger partial charge in [0.25, 0.3) is 5.91 Å². The van der Waals surface area contributed by atoms with Crippen molar-refractivity contribution in [1.82, 2.24) is 26.3 Å². The zero-order valence-electron chi connectivity index (χ0n) is 23.5. The Hall–Kier alpha value is -3.54. The maximum Gasteiger partial charge on any atom is 0.273 e. The first-order valence-electron chi connectivity index (χ1n) is 12.8. The van der Waals surface area contributed by atoms with Crippen LogP contribution in [0.15, 0.2) is 42.5 Å². The van der Waals surface area contributed by atoms with Crippen LogP contribution in [0.3, 0.4) is 0 Å². The van der Waals surface area contributed by atoms with E-state index in [9.17, 15) is 24.4 Å². The topological polar surface area (TPSA) is 149 Å². The summed E-state index contributed by atoms with van der Waals surface area (Å²) in [6.07, 6.45) is -1.48. The first-order chi connectivity index (χ1) is 18.4. The molecule has 0 aliphatic carbocycles. The van der Waals surface area contributed by atoms with Crippen LogP contribution in [-0.4, -0.2) is 86.7 Å². The normalized spacial score (nSPS) is 13.8. The van der Waals surface area contributed by atoms with Crippen LogP contribution >= 0.6 is 0 Å². The third-order valence-electron chi connectivity index (χ3n) is 6.28. The molecule has 11 heteroatoms. The molecule has 0 aliphatic heterocycles. The summed E-state index contributed by atoms with van der Waals surface area (Å²) in [4.78, 5) is 53.3. The molecule has 2 rings (SSSR count). The largest absolute Gasteiger partial charge is 0.358 e. The first-order valence-corrected chi connectivity index (χ1v) is 12.8. The van der Waals surface area contributed by atoms with Gasteiger partial charge >= 0.3 is 0 Å². The van der Waals surface area contributed by atoms with Crippen molar-refractivity contribution in [1.29, 1.82) is 0 Å². The van der Waals surface area contributed by atoms with E-state index in [1.165, 1.54) is 7.05 Å². The van der Waals surface area contributed by atoms with Gasteiger partial charge in [0.15, 0.2) is 6.10 Å². The minimum absolute atomic E-state index is 0.0433. The lowest BCUT2D eigenvalue weighted by molar-refractivity contribution is -0.153. The van der Waals surface area contributed by atoms with Gasteiger partial charge in [-0.15, -0.1) is 0 Å². The molecule has 0 aliphatic rings. The number of amides is 4. The highest BCUT2D eigenvalue weighted by molar-refractivity contribution is 5.93. The number of hydrogen-bond donors (Lipinski definition) is 5. The van der Waals surface area contributed by atoms with Gasteiger partial charge in [0.2, 0.25) is 17.7 Å². The van der Waals surface area contributed by atoms with E-state index in [1.807, 2.05) is 61.5 Å². The van der Waals surface area contributed by atoms with E-state index in [2.05, 4.69) is 16.0 Å². The van der Waals surface area contributed by atoms with Crippen LogP contribution in [-0.2, 0) is 30.3 Å². The van der Waals surface area contributed by atoms with Crippen LogP contribution in [0.25, 0.3) is 10.8 Å². The van der Waals surface area contributed by atoms with Crippen molar-refractivity contribution >= 4 is 34.4 Å². The second kappa shape index (κ2) is 14.6. The second-order valence-electron chi connectivity index (χ2n) is 10.8. The summed E-state index contributed by atoms with van der Waals surface area (Å²) in [5.74, 6) is -3.67. The molecule has 0 radical (unpaired) electrons. The number of nitrogens with zero attached hydrogens (tertiary/aromatic N) is 1. The highest BCUT2D eigenvalue weighted by atomic mass is 16.5. The smallest absolute Gasteiger partial charge is 0.273 e. The fourth-order valence-corrected chi connectivity index (χ4v) is 4.10. The Bertz CT molecular complexity index is 1150. The quantitative estimate of drug-likeness (QED) is 0.186. The van der Waals surface area contributed by atoms with E-state index < -0.39 is 53.7 Å². The van der Waals surface area contributed by atoms with Gasteiger partial charge in [-0.3, -0.25) is 24.4 Å². The minimum Gasteiger partial charge on any atom is -0.358 e. The molecule has 0 aromatic heterocycles. The Morgan fingerprint density at radius 1 is 0.974 bits per heavy atom. The van der Waals surface area contributed by atoms with Gasteiger partial charge in [-0.2, -0.15) is 0 Å². The Kier molecular flexibility index (Phi) is 11.8. The SMILES string of the molecule is CNC(=O)[C@@H](NC(=O)C(Cc1ccc2ccccc2c1)[C@H](OCC(=O)NCCN(C)C)C(=O)NO)C(C)(C)C. The predicted molar refractivity (Wildman–Crippen MR) is 148 cm³/mol. The van der Waals surface area contributed by atoms with Gasteiger partial charge in [0.05, 0.1) is 5.92 Å². The monoisotopic (exact) mass is 543 g/mol. The van der Waals surface area contributed by atoms with Crippen LogP contribution in [0.1, 0.15) is 26.3 Å². The standard InChI is InChI=1S/C28H41N5O6/c1-28(2,3)24(27(37)29-4)31-25(35)21(16-18-11-12-19-9-7-8-10-20(19)15-18)23(26(36)32-38)39-17-22(34)30-13-14-33(5)6/h7-12,15,21,23-24,38H,13-14,16-17H2,1-6H3,(H,29,37)(H,30,34)(H,31,35)(H,32,36)/t21?,23-,24+/m0/s1. The summed E-state index contributed by atoms with van der Waals surface area (Å²) in [6.45, 7) is 5.87. The number of likely N-dealkylation sites (N-methyl/N-ethyl adjacent to an activating group) is 2. The fourth-order valence-electron chi connectivity index (χ4n) is 4.10. The summed E-state index contributed by atoms with van der Waals surface area (Å²) in [6, 6.07) is 12.4. The fraction of sp³-hybridized carbons (Fsp3) is 0.500. The van der Waals surface area contributed by atoms with Crippen molar-refractivity contribution in [3.63, 3.8) is 0 Å². The van der Waals surface area contributed by atoms with Crippen molar-refractivity contribution in [3.05, 3.63) is 48.0 Å². The van der Waals surface area contributed by atoms with E-state index in [0.717, 1.165) is 16.3 Å². The molecule has 1 unspecified atom stereocenters. The highest BCUT2D eigenvalue weighted by Gasteiger charge is 2.39. The Balaban J connectivity index is 2.39. The molecular formula is C28H41N5O6. The van der Waals surface area contributed by atoms with Gasteiger partial charge in [0, 0.05) is 20.1 Å². The molecule has 2 aromatic carbocycles. The van der Waals surface area contributed by atoms with E-state index in [-0.39, 0.29) is 6.42 Å². The summed E-state index contributed by atoms with van der Waals surface area (Å²) in [5, 5.41) is 19.4. The molecule has 39 heavy (non-hydrogen) atoms. The maximum absolute atomic E-state index is 13.7. The van der Waals surface area contributed by atoms with Crippen LogP contribution in [0.4, 0.5) is 0 Å². The Morgan fingerprint density at radius 3 is 2.23 bits per heavy atom. The molecular weight excluding hydrogens is 502 g/mol. The summed E-state index contributed by atoms with van der Waals surface area (Å²) < 4.78 is 5.65. The van der Waals surface area contributed by atoms with Crippen molar-refractivity contribution < 1.29 is 29.1 Å². The van der Waals surface area contributed by atoms with E-state index in [1.54, 1.807) is 26.3 Å². The highest BCUT2D eigenvalue weighted by Crippen LogP contribution is 2.24. The molecule has 4 amide bonds. The average Bonchev–Trinajstić information content (AvgIpc) is 2.89. The van der Waals surface area contributed by atoms with Gasteiger partial charge < -0.3 is 25.6 Å². The summed E-state index contributed by atoms with van der Waals surface area (Å²) >= 11 is 0. The summed E-state index contributed by atoms with van der Waals surface area (Å²) in [5.41, 5.74) is 1.64. The number of hydrogen-bond acceptors (Lipinski definition) is 7. The van der Waals surface area contributed by atoms with Crippen LogP contribution in [0.5, 0.6) is 0 Å². The average molecular weight is 544 g/mol. The van der Waals surface area contributed by atoms with E-state index in [0.29, 0.717) is 13.1 Å². The van der Waals surface area contributed by atoms with Gasteiger partial charge in [-0.25, -0.2) is 5.48 Å². The molecule has 0 fully saturated rings. The number of nitrogens with one attached hydrogen (secondary N) is 4. The van der Waals surface area contributed by atoms with Crippen LogP contribution in [0.2, 0.25) is 0 Å². The Labute approximate surface area is 229 Å². The number of fused-ring (bicyclic) bond motifs is 1. The number of ether oxygens (including phenoxy) is 1. The lowest BCUT2D eigenvalue weighted by Crippen LogP contribution is -2.57. The Morgan fingerprint density at radius 2 is 1.64 bits per heavy atom. The van der Waals surface area contributed by atoms with E-state index in [4.69, 9.17) is 4.74 Å². The maximum atomic E-state index is 13.7. The molecule has 11 nitrogen and oxygen atoms in total. The molecule has 2 aromatic rings. The van der Waals surface area contributed by atoms with Crippen molar-refractivity contribution in [2.45, 2.75) is 39.3 Å². The third kappa shape index (κ3) is 9.61. The minimum atomic E-state index is -1.52. The first kappa shape index (κ1) is 31.7. The molecule has 0 spiro atoms. The zero-order chi connectivity index (χ0) is 29.2.